The van der Waals surface area contributed by atoms with Gasteiger partial charge < -0.3 is 0 Å². The molecule has 0 N–H and O–H groups in total. The SMILES string of the molecule is Cc1nn(-c2ccccc2Cl)c2c1CCC(c1ccc([N+](=O)[O-])cc1)=N2. The van der Waals surface area contributed by atoms with Crippen molar-refractivity contribution < 1.29 is 4.92 Å². The van der Waals surface area contributed by atoms with Crippen LogP contribution in [0.15, 0.2) is 53.5 Å². The molecular formula is C19H15ClN4O2. The molecular weight excluding hydrogens is 352 g/mol. The van der Waals surface area contributed by atoms with Gasteiger partial charge >= 0.3 is 0 Å². The second-order valence-electron chi connectivity index (χ2n) is 6.11. The third-order valence-electron chi connectivity index (χ3n) is 4.50. The number of aliphatic imine (C=N–C) groups is 1. The number of nitrogens with zero attached hydrogens (tertiary/aromatic N) is 4. The minimum absolute atomic E-state index is 0.0720. The monoisotopic (exact) mass is 366 g/mol. The van der Waals surface area contributed by atoms with Gasteiger partial charge in [0.25, 0.3) is 5.69 Å². The summed E-state index contributed by atoms with van der Waals surface area (Å²) in [7, 11) is 0. The largest absolute Gasteiger partial charge is 0.269 e. The van der Waals surface area contributed by atoms with E-state index in [4.69, 9.17) is 16.6 Å². The van der Waals surface area contributed by atoms with Gasteiger partial charge in [0.05, 0.1) is 27.0 Å². The molecule has 0 saturated heterocycles. The van der Waals surface area contributed by atoms with Crippen molar-refractivity contribution in [3.63, 3.8) is 0 Å². The van der Waals surface area contributed by atoms with Crippen LogP contribution in [0.2, 0.25) is 5.02 Å². The number of rotatable bonds is 3. The predicted molar refractivity (Wildman–Crippen MR) is 101 cm³/mol. The second kappa shape index (κ2) is 6.38. The van der Waals surface area contributed by atoms with Gasteiger partial charge in [-0.05, 0) is 49.6 Å². The van der Waals surface area contributed by atoms with Crippen molar-refractivity contribution in [2.24, 2.45) is 4.99 Å². The third-order valence-corrected chi connectivity index (χ3v) is 4.82. The van der Waals surface area contributed by atoms with Crippen LogP contribution in [0.4, 0.5) is 11.5 Å². The molecule has 6 nitrogen and oxygen atoms in total. The number of hydrogen-bond donors (Lipinski definition) is 0. The molecule has 0 unspecified atom stereocenters. The fourth-order valence-electron chi connectivity index (χ4n) is 3.16. The van der Waals surface area contributed by atoms with Gasteiger partial charge in [-0.25, -0.2) is 9.67 Å². The molecule has 0 atom stereocenters. The standard InChI is InChI=1S/C19H15ClN4O2/c1-12-15-10-11-17(13-6-8-14(9-7-13)24(25)26)21-19(15)23(22-12)18-5-3-2-4-16(18)20/h2-9H,10-11H2,1H3. The maximum atomic E-state index is 10.8. The van der Waals surface area contributed by atoms with E-state index in [0.717, 1.165) is 46.9 Å². The lowest BCUT2D eigenvalue weighted by atomic mass is 9.99. The van der Waals surface area contributed by atoms with Gasteiger partial charge in [0.2, 0.25) is 0 Å². The van der Waals surface area contributed by atoms with Crippen molar-refractivity contribution in [2.75, 3.05) is 0 Å². The van der Waals surface area contributed by atoms with Gasteiger partial charge in [-0.1, -0.05) is 23.7 Å². The summed E-state index contributed by atoms with van der Waals surface area (Å²) in [6.07, 6.45) is 1.58. The summed E-state index contributed by atoms with van der Waals surface area (Å²) in [6, 6.07) is 14.0. The minimum atomic E-state index is -0.402. The number of halogens is 1. The number of aromatic nitrogens is 2. The molecule has 1 aromatic heterocycles. The Kier molecular flexibility index (Phi) is 4.05. The molecule has 1 aliphatic heterocycles. The van der Waals surface area contributed by atoms with Crippen molar-refractivity contribution in [1.82, 2.24) is 9.78 Å². The van der Waals surface area contributed by atoms with Crippen LogP contribution >= 0.6 is 11.6 Å². The van der Waals surface area contributed by atoms with Crippen molar-refractivity contribution in [3.8, 4) is 5.69 Å². The van der Waals surface area contributed by atoms with Crippen LogP contribution in [0.1, 0.15) is 23.2 Å². The maximum absolute atomic E-state index is 10.8. The van der Waals surface area contributed by atoms with E-state index in [1.807, 2.05) is 31.2 Å². The van der Waals surface area contributed by atoms with Gasteiger partial charge in [-0.3, -0.25) is 10.1 Å². The zero-order chi connectivity index (χ0) is 18.3. The van der Waals surface area contributed by atoms with Gasteiger partial charge in [0, 0.05) is 17.7 Å². The van der Waals surface area contributed by atoms with Gasteiger partial charge in [-0.15, -0.1) is 0 Å². The minimum Gasteiger partial charge on any atom is -0.258 e. The highest BCUT2D eigenvalue weighted by atomic mass is 35.5. The molecule has 130 valence electrons. The fourth-order valence-corrected chi connectivity index (χ4v) is 3.37. The van der Waals surface area contributed by atoms with Crippen LogP contribution in [-0.2, 0) is 6.42 Å². The van der Waals surface area contributed by atoms with Crippen molar-refractivity contribution >= 4 is 28.8 Å². The topological polar surface area (TPSA) is 73.3 Å². The molecule has 4 rings (SSSR count). The number of aryl methyl sites for hydroxylation is 1. The average Bonchev–Trinajstić information content (AvgIpc) is 2.98. The molecule has 26 heavy (non-hydrogen) atoms. The summed E-state index contributed by atoms with van der Waals surface area (Å²) in [5.74, 6) is 0.773. The molecule has 0 bridgehead atoms. The molecule has 0 aliphatic carbocycles. The quantitative estimate of drug-likeness (QED) is 0.493. The van der Waals surface area contributed by atoms with Crippen LogP contribution < -0.4 is 0 Å². The van der Waals surface area contributed by atoms with Crippen LogP contribution in [0.25, 0.3) is 5.69 Å². The Labute approximate surface area is 154 Å². The van der Waals surface area contributed by atoms with Crippen LogP contribution in [0, 0.1) is 17.0 Å². The summed E-state index contributed by atoms with van der Waals surface area (Å²) in [5, 5.41) is 16.1. The molecule has 0 radical (unpaired) electrons. The van der Waals surface area contributed by atoms with Crippen LogP contribution in [0.3, 0.4) is 0 Å². The van der Waals surface area contributed by atoms with Crippen molar-refractivity contribution in [2.45, 2.75) is 19.8 Å². The van der Waals surface area contributed by atoms with E-state index in [1.54, 1.807) is 16.8 Å². The lowest BCUT2D eigenvalue weighted by molar-refractivity contribution is -0.384. The molecule has 7 heteroatoms. The Hall–Kier alpha value is -2.99. The van der Waals surface area contributed by atoms with Gasteiger partial charge in [0.15, 0.2) is 5.82 Å². The average molecular weight is 367 g/mol. The zero-order valence-electron chi connectivity index (χ0n) is 14.0. The Morgan fingerprint density at radius 3 is 2.54 bits per heavy atom. The van der Waals surface area contributed by atoms with Gasteiger partial charge in [-0.2, -0.15) is 5.10 Å². The first-order valence-corrected chi connectivity index (χ1v) is 8.58. The lowest BCUT2D eigenvalue weighted by Gasteiger charge is -2.15. The van der Waals surface area contributed by atoms with E-state index in [1.165, 1.54) is 12.1 Å². The molecule has 1 aliphatic rings. The molecule has 0 saturated carbocycles. The lowest BCUT2D eigenvalue weighted by Crippen LogP contribution is -2.09. The smallest absolute Gasteiger partial charge is 0.258 e. The van der Waals surface area contributed by atoms with E-state index in [2.05, 4.69) is 5.10 Å². The molecule has 2 heterocycles. The number of hydrogen-bond acceptors (Lipinski definition) is 4. The molecule has 2 aromatic carbocycles. The Morgan fingerprint density at radius 1 is 1.12 bits per heavy atom. The number of para-hydroxylation sites is 1. The van der Waals surface area contributed by atoms with Crippen molar-refractivity contribution in [1.29, 1.82) is 0 Å². The first kappa shape index (κ1) is 16.5. The van der Waals surface area contributed by atoms with Gasteiger partial charge in [0.1, 0.15) is 0 Å². The summed E-state index contributed by atoms with van der Waals surface area (Å²) in [5.41, 5.74) is 4.67. The van der Waals surface area contributed by atoms with E-state index in [9.17, 15) is 10.1 Å². The molecule has 0 spiro atoms. The Morgan fingerprint density at radius 2 is 1.85 bits per heavy atom. The molecule has 0 fully saturated rings. The first-order valence-electron chi connectivity index (χ1n) is 8.20. The van der Waals surface area contributed by atoms with Crippen LogP contribution in [0.5, 0.6) is 0 Å². The summed E-state index contributed by atoms with van der Waals surface area (Å²) in [6.45, 7) is 1.97. The Balaban J connectivity index is 1.80. The number of benzene rings is 2. The summed E-state index contributed by atoms with van der Waals surface area (Å²) >= 11 is 6.34. The molecule has 0 amide bonds. The zero-order valence-corrected chi connectivity index (χ0v) is 14.8. The van der Waals surface area contributed by atoms with E-state index < -0.39 is 4.92 Å². The normalized spacial score (nSPS) is 13.2. The molecule has 3 aromatic rings. The number of fused-ring (bicyclic) bond motifs is 1. The maximum Gasteiger partial charge on any atom is 0.269 e. The fraction of sp³-hybridized carbons (Fsp3) is 0.158. The van der Waals surface area contributed by atoms with E-state index in [0.29, 0.717) is 5.02 Å². The highest BCUT2D eigenvalue weighted by Gasteiger charge is 2.23. The highest BCUT2D eigenvalue weighted by molar-refractivity contribution is 6.32. The number of nitro groups is 1. The summed E-state index contributed by atoms with van der Waals surface area (Å²) in [4.78, 5) is 15.3. The second-order valence-corrected chi connectivity index (χ2v) is 6.52. The van der Waals surface area contributed by atoms with E-state index >= 15 is 0 Å². The number of non-ortho nitro benzene ring substituents is 1. The predicted octanol–water partition coefficient (Wildman–Crippen LogP) is 4.81. The third kappa shape index (κ3) is 2.78. The van der Waals surface area contributed by atoms with E-state index in [-0.39, 0.29) is 5.69 Å². The first-order chi connectivity index (χ1) is 12.5. The Bertz CT molecular complexity index is 1040. The van der Waals surface area contributed by atoms with Crippen molar-refractivity contribution in [3.05, 3.63) is 80.5 Å². The summed E-state index contributed by atoms with van der Waals surface area (Å²) < 4.78 is 1.78. The number of nitro benzene ring substituents is 1. The van der Waals surface area contributed by atoms with Crippen LogP contribution in [-0.4, -0.2) is 20.4 Å². The highest BCUT2D eigenvalue weighted by Crippen LogP contribution is 2.34.